The fourth-order valence-electron chi connectivity index (χ4n) is 1.76. The van der Waals surface area contributed by atoms with E-state index in [0.717, 1.165) is 18.2 Å². The van der Waals surface area contributed by atoms with Crippen molar-refractivity contribution in [1.29, 1.82) is 0 Å². The number of hydrogen-bond acceptors (Lipinski definition) is 5. The standard InChI is InChI=1S/C15H17F2N3O3/c1-8(18-14(21)22-15(2,3)4)13-19-12(20-23-13)9-5-10(16)7-11(17)6-9/h5-8H,1-4H3,(H,18,21)/t8-/m0/s1. The van der Waals surface area contributed by atoms with Gasteiger partial charge in [0.25, 0.3) is 0 Å². The summed E-state index contributed by atoms with van der Waals surface area (Å²) in [5.41, 5.74) is -0.495. The molecule has 1 heterocycles. The average Bonchev–Trinajstić information content (AvgIpc) is 2.84. The van der Waals surface area contributed by atoms with Gasteiger partial charge in [-0.25, -0.2) is 13.6 Å². The maximum atomic E-state index is 13.2. The second kappa shape index (κ2) is 6.31. The highest BCUT2D eigenvalue weighted by Gasteiger charge is 2.22. The van der Waals surface area contributed by atoms with Crippen LogP contribution in [0.2, 0.25) is 0 Å². The van der Waals surface area contributed by atoms with Crippen molar-refractivity contribution in [2.75, 3.05) is 0 Å². The van der Waals surface area contributed by atoms with E-state index < -0.39 is 29.4 Å². The van der Waals surface area contributed by atoms with Crippen LogP contribution in [-0.4, -0.2) is 21.8 Å². The van der Waals surface area contributed by atoms with Crippen LogP contribution < -0.4 is 5.32 Å². The second-order valence-corrected chi connectivity index (χ2v) is 5.98. The van der Waals surface area contributed by atoms with E-state index in [1.165, 1.54) is 0 Å². The van der Waals surface area contributed by atoms with E-state index in [9.17, 15) is 13.6 Å². The molecule has 0 aliphatic rings. The van der Waals surface area contributed by atoms with E-state index in [-0.39, 0.29) is 17.3 Å². The van der Waals surface area contributed by atoms with Crippen molar-refractivity contribution in [3.8, 4) is 11.4 Å². The first-order valence-electron chi connectivity index (χ1n) is 6.93. The van der Waals surface area contributed by atoms with Crippen LogP contribution in [0, 0.1) is 11.6 Å². The number of benzene rings is 1. The Balaban J connectivity index is 2.11. The van der Waals surface area contributed by atoms with Crippen molar-refractivity contribution < 1.29 is 22.8 Å². The maximum absolute atomic E-state index is 13.2. The van der Waals surface area contributed by atoms with Crippen molar-refractivity contribution in [1.82, 2.24) is 15.5 Å². The van der Waals surface area contributed by atoms with E-state index >= 15 is 0 Å². The van der Waals surface area contributed by atoms with Crippen LogP contribution in [0.3, 0.4) is 0 Å². The van der Waals surface area contributed by atoms with Crippen molar-refractivity contribution in [2.45, 2.75) is 39.3 Å². The molecule has 0 aliphatic heterocycles. The smallest absolute Gasteiger partial charge is 0.408 e. The van der Waals surface area contributed by atoms with Gasteiger partial charge >= 0.3 is 6.09 Å². The minimum atomic E-state index is -0.744. The van der Waals surface area contributed by atoms with E-state index in [2.05, 4.69) is 15.5 Å². The Morgan fingerprint density at radius 3 is 2.43 bits per heavy atom. The summed E-state index contributed by atoms with van der Waals surface area (Å²) < 4.78 is 36.5. The van der Waals surface area contributed by atoms with Gasteiger partial charge in [0, 0.05) is 11.6 Å². The van der Waals surface area contributed by atoms with E-state index in [1.807, 2.05) is 0 Å². The molecule has 0 saturated heterocycles. The lowest BCUT2D eigenvalue weighted by Crippen LogP contribution is -2.34. The van der Waals surface area contributed by atoms with E-state index in [0.29, 0.717) is 0 Å². The largest absolute Gasteiger partial charge is 0.444 e. The number of carbonyl (C=O) groups excluding carboxylic acids is 1. The lowest BCUT2D eigenvalue weighted by Gasteiger charge is -2.20. The zero-order valence-electron chi connectivity index (χ0n) is 13.2. The van der Waals surface area contributed by atoms with Crippen LogP contribution in [-0.2, 0) is 4.74 Å². The minimum absolute atomic E-state index is 0.0243. The van der Waals surface area contributed by atoms with Gasteiger partial charge in [-0.2, -0.15) is 4.98 Å². The van der Waals surface area contributed by atoms with Gasteiger partial charge in [-0.05, 0) is 39.8 Å². The number of carbonyl (C=O) groups is 1. The Labute approximate surface area is 131 Å². The predicted molar refractivity (Wildman–Crippen MR) is 77.4 cm³/mol. The van der Waals surface area contributed by atoms with E-state index in [1.54, 1.807) is 27.7 Å². The van der Waals surface area contributed by atoms with Crippen LogP contribution in [0.5, 0.6) is 0 Å². The number of rotatable bonds is 3. The number of nitrogens with zero attached hydrogens (tertiary/aromatic N) is 2. The molecule has 6 nitrogen and oxygen atoms in total. The monoisotopic (exact) mass is 325 g/mol. The Bertz CT molecular complexity index is 690. The maximum Gasteiger partial charge on any atom is 0.408 e. The first-order chi connectivity index (χ1) is 10.6. The summed E-state index contributed by atoms with van der Waals surface area (Å²) in [7, 11) is 0. The average molecular weight is 325 g/mol. The molecule has 2 rings (SSSR count). The van der Waals surface area contributed by atoms with Gasteiger partial charge in [-0.1, -0.05) is 5.16 Å². The quantitative estimate of drug-likeness (QED) is 0.933. The molecule has 8 heteroatoms. The van der Waals surface area contributed by atoms with Gasteiger partial charge in [0.2, 0.25) is 11.7 Å². The zero-order chi connectivity index (χ0) is 17.2. The number of nitrogens with one attached hydrogen (secondary N) is 1. The molecule has 0 bridgehead atoms. The summed E-state index contributed by atoms with van der Waals surface area (Å²) in [6, 6.07) is 2.30. The molecule has 0 saturated carbocycles. The molecule has 124 valence electrons. The molecule has 1 atom stereocenters. The van der Waals surface area contributed by atoms with Crippen LogP contribution in [0.15, 0.2) is 22.7 Å². The first kappa shape index (κ1) is 16.9. The molecule has 1 N–H and O–H groups in total. The fraction of sp³-hybridized carbons (Fsp3) is 0.400. The summed E-state index contributed by atoms with van der Waals surface area (Å²) in [5, 5.41) is 6.19. The highest BCUT2D eigenvalue weighted by atomic mass is 19.1. The SMILES string of the molecule is C[C@H](NC(=O)OC(C)(C)C)c1nc(-c2cc(F)cc(F)c2)no1. The van der Waals surface area contributed by atoms with Crippen molar-refractivity contribution in [3.05, 3.63) is 35.7 Å². The summed E-state index contributed by atoms with van der Waals surface area (Å²) in [6.07, 6.45) is -0.637. The number of hydrogen-bond donors (Lipinski definition) is 1. The van der Waals surface area contributed by atoms with Gasteiger partial charge in [0.15, 0.2) is 0 Å². The Morgan fingerprint density at radius 2 is 1.87 bits per heavy atom. The minimum Gasteiger partial charge on any atom is -0.444 e. The van der Waals surface area contributed by atoms with Crippen LogP contribution in [0.25, 0.3) is 11.4 Å². The Hall–Kier alpha value is -2.51. The topological polar surface area (TPSA) is 77.2 Å². The lowest BCUT2D eigenvalue weighted by atomic mass is 10.2. The number of ether oxygens (including phenoxy) is 1. The summed E-state index contributed by atoms with van der Waals surface area (Å²) in [6.45, 7) is 6.83. The number of aromatic nitrogens is 2. The predicted octanol–water partition coefficient (Wildman–Crippen LogP) is 3.60. The molecular weight excluding hydrogens is 308 g/mol. The lowest BCUT2D eigenvalue weighted by molar-refractivity contribution is 0.0499. The normalized spacial score (nSPS) is 12.8. The second-order valence-electron chi connectivity index (χ2n) is 5.98. The molecular formula is C15H17F2N3O3. The van der Waals surface area contributed by atoms with Gasteiger partial charge in [-0.3, -0.25) is 0 Å². The molecule has 0 aliphatic carbocycles. The molecule has 1 amide bonds. The number of alkyl carbamates (subject to hydrolysis) is 1. The third kappa shape index (κ3) is 4.73. The summed E-state index contributed by atoms with van der Waals surface area (Å²) >= 11 is 0. The van der Waals surface area contributed by atoms with Gasteiger partial charge in [0.1, 0.15) is 23.3 Å². The van der Waals surface area contributed by atoms with Gasteiger partial charge < -0.3 is 14.6 Å². The van der Waals surface area contributed by atoms with Crippen LogP contribution in [0.4, 0.5) is 13.6 Å². The molecule has 1 aromatic carbocycles. The molecule has 0 radical (unpaired) electrons. The molecule has 2 aromatic rings. The van der Waals surface area contributed by atoms with E-state index in [4.69, 9.17) is 9.26 Å². The van der Waals surface area contributed by atoms with Crippen LogP contribution >= 0.6 is 0 Å². The molecule has 0 unspecified atom stereocenters. The first-order valence-corrected chi connectivity index (χ1v) is 6.93. The van der Waals surface area contributed by atoms with Crippen molar-refractivity contribution >= 4 is 6.09 Å². The third-order valence-electron chi connectivity index (χ3n) is 2.67. The molecule has 23 heavy (non-hydrogen) atoms. The van der Waals surface area contributed by atoms with Crippen LogP contribution in [0.1, 0.15) is 39.6 Å². The van der Waals surface area contributed by atoms with Gasteiger partial charge in [0.05, 0.1) is 0 Å². The fourth-order valence-corrected chi connectivity index (χ4v) is 1.76. The summed E-state index contributed by atoms with van der Waals surface area (Å²) in [5.74, 6) is -1.37. The van der Waals surface area contributed by atoms with Gasteiger partial charge in [-0.15, -0.1) is 0 Å². The van der Waals surface area contributed by atoms with Crippen molar-refractivity contribution in [2.24, 2.45) is 0 Å². The summed E-state index contributed by atoms with van der Waals surface area (Å²) in [4.78, 5) is 15.7. The number of amides is 1. The molecule has 1 aromatic heterocycles. The zero-order valence-corrected chi connectivity index (χ0v) is 13.2. The third-order valence-corrected chi connectivity index (χ3v) is 2.67. The van der Waals surface area contributed by atoms with Crippen molar-refractivity contribution in [3.63, 3.8) is 0 Å². The Kier molecular flexibility index (Phi) is 4.63. The highest BCUT2D eigenvalue weighted by Crippen LogP contribution is 2.21. The highest BCUT2D eigenvalue weighted by molar-refractivity contribution is 5.68. The molecule has 0 spiro atoms. The molecule has 0 fully saturated rings. The number of halogens is 2. The Morgan fingerprint density at radius 1 is 1.26 bits per heavy atom.